The Balaban J connectivity index is 1.73. The first-order valence-corrected chi connectivity index (χ1v) is 8.90. The fraction of sp³-hybridized carbons (Fsp3) is 0.368. The number of methoxy groups -OCH3 is 1. The van der Waals surface area contributed by atoms with Gasteiger partial charge in [0.1, 0.15) is 17.8 Å². The van der Waals surface area contributed by atoms with E-state index in [9.17, 15) is 10.1 Å². The van der Waals surface area contributed by atoms with Crippen LogP contribution in [0.15, 0.2) is 42.2 Å². The van der Waals surface area contributed by atoms with Crippen molar-refractivity contribution < 1.29 is 14.4 Å². The lowest BCUT2D eigenvalue weighted by Gasteiger charge is -2.13. The van der Waals surface area contributed by atoms with E-state index in [1.165, 1.54) is 24.7 Å². The minimum atomic E-state index is -0.527. The predicted molar refractivity (Wildman–Crippen MR) is 101 cm³/mol. The molecule has 1 aliphatic carbocycles. The smallest absolute Gasteiger partial charge is 0.373 e. The van der Waals surface area contributed by atoms with Crippen LogP contribution in [0.3, 0.4) is 0 Å². The van der Waals surface area contributed by atoms with Crippen molar-refractivity contribution in [3.8, 4) is 17.4 Å². The van der Waals surface area contributed by atoms with Crippen LogP contribution in [0, 0.1) is 10.1 Å². The number of rotatable bonds is 8. The first-order chi connectivity index (χ1) is 13.2. The highest BCUT2D eigenvalue weighted by atomic mass is 16.6. The molecule has 0 saturated carbocycles. The summed E-state index contributed by atoms with van der Waals surface area (Å²) in [5.74, 6) is 1.16. The van der Waals surface area contributed by atoms with Crippen LogP contribution in [-0.2, 0) is 0 Å². The third-order valence-electron chi connectivity index (χ3n) is 4.37. The minimum Gasteiger partial charge on any atom is -0.497 e. The van der Waals surface area contributed by atoms with Crippen LogP contribution in [0.5, 0.6) is 17.4 Å². The number of benzene rings is 1. The summed E-state index contributed by atoms with van der Waals surface area (Å²) in [6, 6.07) is 6.74. The second kappa shape index (κ2) is 8.98. The van der Waals surface area contributed by atoms with Crippen molar-refractivity contribution in [3.05, 3.63) is 52.4 Å². The summed E-state index contributed by atoms with van der Waals surface area (Å²) in [6.07, 6.45) is 9.02. The Morgan fingerprint density at radius 2 is 1.96 bits per heavy atom. The number of anilines is 1. The second-order valence-electron chi connectivity index (χ2n) is 6.20. The maximum Gasteiger partial charge on any atom is 0.373 e. The van der Waals surface area contributed by atoms with E-state index in [1.54, 1.807) is 31.4 Å². The Morgan fingerprint density at radius 1 is 1.19 bits per heavy atom. The zero-order valence-corrected chi connectivity index (χ0v) is 15.2. The largest absolute Gasteiger partial charge is 0.497 e. The topological polar surface area (TPSA) is 99.4 Å². The Hall–Kier alpha value is -3.16. The van der Waals surface area contributed by atoms with Crippen LogP contribution >= 0.6 is 0 Å². The summed E-state index contributed by atoms with van der Waals surface area (Å²) in [7, 11) is 1.56. The fourth-order valence-corrected chi connectivity index (χ4v) is 2.96. The maximum absolute atomic E-state index is 11.6. The van der Waals surface area contributed by atoms with Crippen molar-refractivity contribution in [1.29, 1.82) is 0 Å². The lowest BCUT2D eigenvalue weighted by atomic mass is 9.97. The maximum atomic E-state index is 11.6. The molecule has 1 heterocycles. The van der Waals surface area contributed by atoms with E-state index in [2.05, 4.69) is 21.4 Å². The summed E-state index contributed by atoms with van der Waals surface area (Å²) < 4.78 is 10.7. The molecule has 1 aromatic heterocycles. The summed E-state index contributed by atoms with van der Waals surface area (Å²) in [4.78, 5) is 19.0. The van der Waals surface area contributed by atoms with E-state index in [1.807, 2.05) is 0 Å². The van der Waals surface area contributed by atoms with Crippen LogP contribution < -0.4 is 14.8 Å². The SMILES string of the molecule is COc1ccc(Oc2ncnc(NCCC3=CCCCC3)c2[N+](=O)[O-])cc1. The van der Waals surface area contributed by atoms with Crippen LogP contribution in [0.4, 0.5) is 11.5 Å². The van der Waals surface area contributed by atoms with Gasteiger partial charge in [0.05, 0.1) is 12.0 Å². The summed E-state index contributed by atoms with van der Waals surface area (Å²) >= 11 is 0. The molecule has 1 aliphatic rings. The van der Waals surface area contributed by atoms with Crippen molar-refractivity contribution in [2.75, 3.05) is 19.0 Å². The second-order valence-corrected chi connectivity index (χ2v) is 6.20. The zero-order valence-electron chi connectivity index (χ0n) is 15.2. The molecular formula is C19H22N4O4. The standard InChI is InChI=1S/C19H22N4O4/c1-26-15-7-9-16(10-8-15)27-19-17(23(24)25)18(21-13-22-19)20-12-11-14-5-3-2-4-6-14/h5,7-10,13H,2-4,6,11-12H2,1H3,(H,20,21,22). The summed E-state index contributed by atoms with van der Waals surface area (Å²) in [6.45, 7) is 0.575. The Morgan fingerprint density at radius 3 is 2.63 bits per heavy atom. The molecule has 0 unspecified atom stereocenters. The fourth-order valence-electron chi connectivity index (χ4n) is 2.96. The van der Waals surface area contributed by atoms with E-state index >= 15 is 0 Å². The molecule has 2 aromatic rings. The van der Waals surface area contributed by atoms with Gasteiger partial charge in [-0.05, 0) is 56.4 Å². The molecule has 0 fully saturated rings. The zero-order chi connectivity index (χ0) is 19.1. The molecule has 0 atom stereocenters. The summed E-state index contributed by atoms with van der Waals surface area (Å²) in [5, 5.41) is 14.6. The number of nitrogens with one attached hydrogen (secondary N) is 1. The highest BCUT2D eigenvalue weighted by molar-refractivity contribution is 5.61. The van der Waals surface area contributed by atoms with Crippen LogP contribution in [0.2, 0.25) is 0 Å². The number of hydrogen-bond acceptors (Lipinski definition) is 7. The van der Waals surface area contributed by atoms with Gasteiger partial charge in [-0.25, -0.2) is 4.98 Å². The van der Waals surface area contributed by atoms with E-state index < -0.39 is 4.92 Å². The predicted octanol–water partition coefficient (Wildman–Crippen LogP) is 4.49. The van der Waals surface area contributed by atoms with Crippen LogP contribution in [-0.4, -0.2) is 28.5 Å². The Labute approximate surface area is 157 Å². The number of ether oxygens (including phenoxy) is 2. The third kappa shape index (κ3) is 4.93. The molecule has 8 nitrogen and oxygen atoms in total. The monoisotopic (exact) mass is 370 g/mol. The van der Waals surface area contributed by atoms with Gasteiger partial charge >= 0.3 is 11.6 Å². The molecule has 0 spiro atoms. The molecule has 27 heavy (non-hydrogen) atoms. The molecule has 0 bridgehead atoms. The molecule has 142 valence electrons. The van der Waals surface area contributed by atoms with Crippen molar-refractivity contribution in [2.24, 2.45) is 0 Å². The van der Waals surface area contributed by atoms with Gasteiger partial charge in [-0.3, -0.25) is 10.1 Å². The van der Waals surface area contributed by atoms with Gasteiger partial charge in [-0.2, -0.15) is 4.98 Å². The van der Waals surface area contributed by atoms with Gasteiger partial charge in [0.25, 0.3) is 0 Å². The first-order valence-electron chi connectivity index (χ1n) is 8.90. The lowest BCUT2D eigenvalue weighted by Crippen LogP contribution is -2.09. The van der Waals surface area contributed by atoms with Crippen molar-refractivity contribution in [2.45, 2.75) is 32.1 Å². The van der Waals surface area contributed by atoms with Gasteiger partial charge in [0.15, 0.2) is 0 Å². The lowest BCUT2D eigenvalue weighted by molar-refractivity contribution is -0.385. The van der Waals surface area contributed by atoms with Crippen LogP contribution in [0.1, 0.15) is 32.1 Å². The molecule has 1 N–H and O–H groups in total. The molecule has 0 amide bonds. The molecule has 3 rings (SSSR count). The first kappa shape index (κ1) is 18.6. The minimum absolute atomic E-state index is 0.0976. The number of allylic oxidation sites excluding steroid dienone is 1. The number of nitro groups is 1. The molecule has 0 aliphatic heterocycles. The van der Waals surface area contributed by atoms with Gasteiger partial charge in [0.2, 0.25) is 5.82 Å². The van der Waals surface area contributed by atoms with E-state index in [-0.39, 0.29) is 17.4 Å². The highest BCUT2D eigenvalue weighted by Crippen LogP contribution is 2.34. The molecule has 0 saturated heterocycles. The van der Waals surface area contributed by atoms with E-state index in [0.29, 0.717) is 18.0 Å². The Bertz CT molecular complexity index is 821. The molecule has 0 radical (unpaired) electrons. The third-order valence-corrected chi connectivity index (χ3v) is 4.37. The van der Waals surface area contributed by atoms with Gasteiger partial charge < -0.3 is 14.8 Å². The quantitative estimate of drug-likeness (QED) is 0.415. The molecule has 1 aromatic carbocycles. The summed E-state index contributed by atoms with van der Waals surface area (Å²) in [5.41, 5.74) is 1.12. The van der Waals surface area contributed by atoms with E-state index in [0.717, 1.165) is 19.3 Å². The van der Waals surface area contributed by atoms with Crippen molar-refractivity contribution >= 4 is 11.5 Å². The normalized spacial score (nSPS) is 13.6. The van der Waals surface area contributed by atoms with Crippen LogP contribution in [0.25, 0.3) is 0 Å². The Kier molecular flexibility index (Phi) is 6.19. The number of hydrogen-bond donors (Lipinski definition) is 1. The van der Waals surface area contributed by atoms with Crippen molar-refractivity contribution in [1.82, 2.24) is 9.97 Å². The van der Waals surface area contributed by atoms with Gasteiger partial charge in [-0.1, -0.05) is 11.6 Å². The highest BCUT2D eigenvalue weighted by Gasteiger charge is 2.25. The number of aromatic nitrogens is 2. The van der Waals surface area contributed by atoms with Crippen molar-refractivity contribution in [3.63, 3.8) is 0 Å². The van der Waals surface area contributed by atoms with Gasteiger partial charge in [-0.15, -0.1) is 0 Å². The van der Waals surface area contributed by atoms with E-state index in [4.69, 9.17) is 9.47 Å². The average molecular weight is 370 g/mol. The molecular weight excluding hydrogens is 348 g/mol. The number of nitrogens with zero attached hydrogens (tertiary/aromatic N) is 3. The van der Waals surface area contributed by atoms with Gasteiger partial charge in [0, 0.05) is 6.54 Å². The molecule has 8 heteroatoms. The average Bonchev–Trinajstić information content (AvgIpc) is 2.69.